The van der Waals surface area contributed by atoms with Crippen LogP contribution in [0.3, 0.4) is 0 Å². The summed E-state index contributed by atoms with van der Waals surface area (Å²) in [6.45, 7) is 2.26. The molecule has 166 valence electrons. The minimum atomic E-state index is -1.000. The fourth-order valence-corrected chi connectivity index (χ4v) is 3.34. The van der Waals surface area contributed by atoms with Crippen molar-refractivity contribution in [3.8, 4) is 0 Å². The van der Waals surface area contributed by atoms with Crippen molar-refractivity contribution < 1.29 is 14.7 Å². The van der Waals surface area contributed by atoms with Crippen LogP contribution in [0.2, 0.25) is 0 Å². The summed E-state index contributed by atoms with van der Waals surface area (Å²) >= 11 is 0. The van der Waals surface area contributed by atoms with Crippen LogP contribution >= 0.6 is 0 Å². The highest BCUT2D eigenvalue weighted by atomic mass is 16.4. The molecule has 0 rings (SSSR count). The Hall–Kier alpha value is -1.14. The van der Waals surface area contributed by atoms with Gasteiger partial charge in [-0.2, -0.15) is 0 Å². The average Bonchev–Trinajstić information content (AvgIpc) is 2.65. The van der Waals surface area contributed by atoms with Gasteiger partial charge in [-0.15, -0.1) is 0 Å². The van der Waals surface area contributed by atoms with Crippen molar-refractivity contribution in [1.82, 2.24) is 5.32 Å². The van der Waals surface area contributed by atoms with Gasteiger partial charge < -0.3 is 21.9 Å². The Kier molecular flexibility index (Phi) is 18.4. The van der Waals surface area contributed by atoms with E-state index in [1.54, 1.807) is 0 Å². The first-order chi connectivity index (χ1) is 13.5. The number of hydrogen-bond acceptors (Lipinski definition) is 4. The van der Waals surface area contributed by atoms with Crippen LogP contribution in [0, 0.1) is 0 Å². The van der Waals surface area contributed by atoms with Crippen LogP contribution in [0.4, 0.5) is 0 Å². The van der Waals surface area contributed by atoms with Gasteiger partial charge in [0.15, 0.2) is 0 Å². The van der Waals surface area contributed by atoms with E-state index < -0.39 is 18.2 Å². The highest BCUT2D eigenvalue weighted by Gasteiger charge is 2.12. The van der Waals surface area contributed by atoms with E-state index in [1.165, 1.54) is 70.6 Å². The Morgan fingerprint density at radius 1 is 0.750 bits per heavy atom. The zero-order chi connectivity index (χ0) is 21.0. The number of amides is 1. The van der Waals surface area contributed by atoms with E-state index >= 15 is 0 Å². The van der Waals surface area contributed by atoms with Gasteiger partial charge in [-0.3, -0.25) is 9.59 Å². The van der Waals surface area contributed by atoms with Gasteiger partial charge in [-0.05, 0) is 25.7 Å². The lowest BCUT2D eigenvalue weighted by Gasteiger charge is -2.14. The molecule has 0 aromatic rings. The molecule has 6 N–H and O–H groups in total. The zero-order valence-electron chi connectivity index (χ0n) is 18.1. The van der Waals surface area contributed by atoms with Crippen molar-refractivity contribution in [3.05, 3.63) is 0 Å². The van der Waals surface area contributed by atoms with Crippen molar-refractivity contribution >= 4 is 11.9 Å². The molecule has 0 aliphatic carbocycles. The van der Waals surface area contributed by atoms with Crippen molar-refractivity contribution in [1.29, 1.82) is 0 Å². The SMILES string of the molecule is CCCCCCCCCCCCCCCC(=O)NC(N)CCC[C@H](N)C(=O)O. The van der Waals surface area contributed by atoms with Gasteiger partial charge >= 0.3 is 5.97 Å². The normalized spacial score (nSPS) is 13.2. The molecular formula is C22H45N3O3. The number of unbranched alkanes of at least 4 members (excludes halogenated alkanes) is 12. The molecule has 0 aliphatic heterocycles. The van der Waals surface area contributed by atoms with E-state index in [4.69, 9.17) is 16.6 Å². The number of carbonyl (C=O) groups excluding carboxylic acids is 1. The number of carboxylic acid groups (broad SMARTS) is 1. The summed E-state index contributed by atoms with van der Waals surface area (Å²) in [5.41, 5.74) is 11.3. The van der Waals surface area contributed by atoms with Gasteiger partial charge in [0.2, 0.25) is 5.91 Å². The summed E-state index contributed by atoms with van der Waals surface area (Å²) in [5.74, 6) is -1.02. The molecule has 1 amide bonds. The van der Waals surface area contributed by atoms with Crippen molar-refractivity contribution in [3.63, 3.8) is 0 Å². The van der Waals surface area contributed by atoms with Crippen molar-refractivity contribution in [2.75, 3.05) is 0 Å². The maximum atomic E-state index is 11.9. The molecule has 28 heavy (non-hydrogen) atoms. The van der Waals surface area contributed by atoms with Gasteiger partial charge in [0, 0.05) is 6.42 Å². The largest absolute Gasteiger partial charge is 0.480 e. The van der Waals surface area contributed by atoms with Crippen LogP contribution in [0.1, 0.15) is 116 Å². The van der Waals surface area contributed by atoms with Gasteiger partial charge in [0.1, 0.15) is 6.04 Å². The highest BCUT2D eigenvalue weighted by Crippen LogP contribution is 2.13. The number of rotatable bonds is 20. The summed E-state index contributed by atoms with van der Waals surface area (Å²) < 4.78 is 0. The lowest BCUT2D eigenvalue weighted by Crippen LogP contribution is -2.41. The third-order valence-electron chi connectivity index (χ3n) is 5.20. The van der Waals surface area contributed by atoms with Crippen LogP contribution in [0.15, 0.2) is 0 Å². The van der Waals surface area contributed by atoms with E-state index in [1.807, 2.05) is 0 Å². The van der Waals surface area contributed by atoms with Crippen LogP contribution in [0.5, 0.6) is 0 Å². The summed E-state index contributed by atoms with van der Waals surface area (Å²) in [4.78, 5) is 22.5. The topological polar surface area (TPSA) is 118 Å². The van der Waals surface area contributed by atoms with Crippen molar-refractivity contribution in [2.45, 2.75) is 128 Å². The molecule has 0 spiro atoms. The Morgan fingerprint density at radius 2 is 1.21 bits per heavy atom. The molecule has 0 saturated carbocycles. The number of aliphatic carboxylic acids is 1. The Bertz CT molecular complexity index is 391. The minimum absolute atomic E-state index is 0.0156. The summed E-state index contributed by atoms with van der Waals surface area (Å²) in [6, 6.07) is -0.853. The number of carbonyl (C=O) groups is 2. The van der Waals surface area contributed by atoms with Gasteiger partial charge in [-0.25, -0.2) is 0 Å². The Morgan fingerprint density at radius 3 is 1.68 bits per heavy atom. The lowest BCUT2D eigenvalue weighted by atomic mass is 10.0. The third-order valence-corrected chi connectivity index (χ3v) is 5.20. The predicted molar refractivity (Wildman–Crippen MR) is 116 cm³/mol. The van der Waals surface area contributed by atoms with Gasteiger partial charge in [0.25, 0.3) is 0 Å². The fraction of sp³-hybridized carbons (Fsp3) is 0.909. The Labute approximate surface area is 172 Å². The van der Waals surface area contributed by atoms with Crippen LogP contribution in [-0.2, 0) is 9.59 Å². The zero-order valence-corrected chi connectivity index (χ0v) is 18.1. The maximum Gasteiger partial charge on any atom is 0.320 e. The maximum absolute atomic E-state index is 11.9. The molecule has 0 heterocycles. The summed E-state index contributed by atoms with van der Waals surface area (Å²) in [6.07, 6.45) is 18.3. The van der Waals surface area contributed by atoms with Crippen LogP contribution in [0.25, 0.3) is 0 Å². The molecule has 0 aromatic heterocycles. The highest BCUT2D eigenvalue weighted by molar-refractivity contribution is 5.76. The van der Waals surface area contributed by atoms with Crippen LogP contribution in [-0.4, -0.2) is 29.2 Å². The average molecular weight is 400 g/mol. The standard InChI is InChI=1S/C22H45N3O3/c1-2-3-4-5-6-7-8-9-10-11-12-13-14-18-21(26)25-20(24)17-15-16-19(23)22(27)28/h19-20H,2-18,23-24H2,1H3,(H,25,26)(H,27,28)/t19-,20?/m0/s1. The molecule has 0 aliphatic rings. The molecule has 0 saturated heterocycles. The monoisotopic (exact) mass is 399 g/mol. The number of carboxylic acids is 1. The fourth-order valence-electron chi connectivity index (χ4n) is 3.34. The first kappa shape index (κ1) is 26.9. The van der Waals surface area contributed by atoms with E-state index in [0.29, 0.717) is 25.7 Å². The first-order valence-corrected chi connectivity index (χ1v) is 11.5. The van der Waals surface area contributed by atoms with Crippen LogP contribution < -0.4 is 16.8 Å². The molecule has 2 atom stereocenters. The molecule has 0 bridgehead atoms. The molecule has 0 radical (unpaired) electrons. The van der Waals surface area contributed by atoms with E-state index in [2.05, 4.69) is 12.2 Å². The second kappa shape index (κ2) is 19.2. The predicted octanol–water partition coefficient (Wildman–Crippen LogP) is 4.45. The van der Waals surface area contributed by atoms with Gasteiger partial charge in [0.05, 0.1) is 6.17 Å². The van der Waals surface area contributed by atoms with Gasteiger partial charge in [-0.1, -0.05) is 84.0 Å². The summed E-state index contributed by atoms with van der Waals surface area (Å²) in [5, 5.41) is 11.5. The summed E-state index contributed by atoms with van der Waals surface area (Å²) in [7, 11) is 0. The molecular weight excluding hydrogens is 354 g/mol. The second-order valence-electron chi connectivity index (χ2n) is 8.04. The van der Waals surface area contributed by atoms with Crippen molar-refractivity contribution in [2.24, 2.45) is 11.5 Å². The number of nitrogens with two attached hydrogens (primary N) is 2. The van der Waals surface area contributed by atoms with E-state index in [0.717, 1.165) is 12.8 Å². The molecule has 6 heteroatoms. The number of hydrogen-bond donors (Lipinski definition) is 4. The molecule has 0 fully saturated rings. The minimum Gasteiger partial charge on any atom is -0.480 e. The van der Waals surface area contributed by atoms with E-state index in [-0.39, 0.29) is 5.91 Å². The molecule has 6 nitrogen and oxygen atoms in total. The second-order valence-corrected chi connectivity index (χ2v) is 8.04. The molecule has 1 unspecified atom stereocenters. The molecule has 0 aromatic carbocycles. The third kappa shape index (κ3) is 18.2. The smallest absolute Gasteiger partial charge is 0.320 e. The first-order valence-electron chi connectivity index (χ1n) is 11.5. The van der Waals surface area contributed by atoms with E-state index in [9.17, 15) is 9.59 Å². The quantitative estimate of drug-likeness (QED) is 0.178. The lowest BCUT2D eigenvalue weighted by molar-refractivity contribution is -0.138. The number of nitrogens with one attached hydrogen (secondary N) is 1. The Balaban J connectivity index is 3.37.